The molecule has 2 amide bonds. The zero-order valence-corrected chi connectivity index (χ0v) is 19.3. The van der Waals surface area contributed by atoms with E-state index in [4.69, 9.17) is 0 Å². The standard InChI is InChI=1S/C24H29N3O4S/c1-17-7-3-4-10-22(17)25-24(29)20-9-5-13-26(16-20)32(30,31)21-11-12-23-19(15-21)8-6-14-27(23)18(2)28/h3-4,7,10-12,15,20H,5-6,8-9,13-14,16H2,1-2H3,(H,25,29)/t20-/m0/s1. The molecule has 0 radical (unpaired) electrons. The molecule has 2 heterocycles. The molecule has 4 rings (SSSR count). The van der Waals surface area contributed by atoms with Crippen LogP contribution in [0.3, 0.4) is 0 Å². The topological polar surface area (TPSA) is 86.8 Å². The Morgan fingerprint density at radius 3 is 2.59 bits per heavy atom. The number of hydrogen-bond donors (Lipinski definition) is 1. The first-order valence-electron chi connectivity index (χ1n) is 11.0. The van der Waals surface area contributed by atoms with E-state index in [1.54, 1.807) is 23.1 Å². The van der Waals surface area contributed by atoms with Crippen LogP contribution in [-0.4, -0.2) is 44.2 Å². The first-order valence-corrected chi connectivity index (χ1v) is 12.5. The van der Waals surface area contributed by atoms with Crippen molar-refractivity contribution in [3.05, 3.63) is 53.6 Å². The number of piperidine rings is 1. The van der Waals surface area contributed by atoms with Gasteiger partial charge in [0.2, 0.25) is 21.8 Å². The van der Waals surface area contributed by atoms with Crippen LogP contribution in [0.15, 0.2) is 47.4 Å². The van der Waals surface area contributed by atoms with Crippen LogP contribution < -0.4 is 10.2 Å². The molecule has 2 aliphatic rings. The van der Waals surface area contributed by atoms with Gasteiger partial charge in [-0.1, -0.05) is 18.2 Å². The maximum atomic E-state index is 13.4. The average Bonchev–Trinajstić information content (AvgIpc) is 2.79. The molecule has 0 spiro atoms. The van der Waals surface area contributed by atoms with E-state index in [0.29, 0.717) is 25.9 Å². The highest BCUT2D eigenvalue weighted by atomic mass is 32.2. The van der Waals surface area contributed by atoms with Crippen LogP contribution in [0, 0.1) is 12.8 Å². The second-order valence-corrected chi connectivity index (χ2v) is 10.5. The lowest BCUT2D eigenvalue weighted by Gasteiger charge is -2.32. The van der Waals surface area contributed by atoms with Gasteiger partial charge >= 0.3 is 0 Å². The van der Waals surface area contributed by atoms with E-state index in [2.05, 4.69) is 5.32 Å². The summed E-state index contributed by atoms with van der Waals surface area (Å²) in [4.78, 5) is 26.7. The number of amides is 2. The first-order chi connectivity index (χ1) is 15.3. The SMILES string of the molecule is CC(=O)N1CCCc2cc(S(=O)(=O)N3CCC[C@H](C(=O)Nc4ccccc4C)C3)ccc21. The molecular formula is C24H29N3O4S. The fourth-order valence-corrected chi connectivity index (χ4v) is 6.11. The molecule has 0 aromatic heterocycles. The third kappa shape index (κ3) is 4.42. The summed E-state index contributed by atoms with van der Waals surface area (Å²) >= 11 is 0. The number of nitrogens with zero attached hydrogens (tertiary/aromatic N) is 2. The number of anilines is 2. The zero-order chi connectivity index (χ0) is 22.9. The van der Waals surface area contributed by atoms with E-state index >= 15 is 0 Å². The van der Waals surface area contributed by atoms with E-state index in [0.717, 1.165) is 35.3 Å². The Morgan fingerprint density at radius 1 is 1.06 bits per heavy atom. The Bertz CT molecular complexity index is 1150. The third-order valence-corrected chi connectivity index (χ3v) is 8.21. The Balaban J connectivity index is 1.52. The summed E-state index contributed by atoms with van der Waals surface area (Å²) < 4.78 is 28.2. The number of sulfonamides is 1. The predicted octanol–water partition coefficient (Wildman–Crippen LogP) is 3.33. The number of para-hydroxylation sites is 1. The van der Waals surface area contributed by atoms with Crippen molar-refractivity contribution < 1.29 is 18.0 Å². The van der Waals surface area contributed by atoms with E-state index in [1.165, 1.54) is 11.2 Å². The second-order valence-electron chi connectivity index (χ2n) is 8.57. The summed E-state index contributed by atoms with van der Waals surface area (Å²) in [5.41, 5.74) is 3.38. The Labute approximate surface area is 189 Å². The maximum Gasteiger partial charge on any atom is 0.243 e. The summed E-state index contributed by atoms with van der Waals surface area (Å²) in [5.74, 6) is -0.592. The predicted molar refractivity (Wildman–Crippen MR) is 124 cm³/mol. The van der Waals surface area contributed by atoms with Crippen molar-refractivity contribution in [1.82, 2.24) is 4.31 Å². The maximum absolute atomic E-state index is 13.4. The fraction of sp³-hybridized carbons (Fsp3) is 0.417. The lowest BCUT2D eigenvalue weighted by molar-refractivity contribution is -0.121. The molecule has 1 N–H and O–H groups in total. The summed E-state index contributed by atoms with van der Waals surface area (Å²) in [6.07, 6.45) is 2.83. The molecule has 0 saturated carbocycles. The van der Waals surface area contributed by atoms with Gasteiger partial charge < -0.3 is 10.2 Å². The van der Waals surface area contributed by atoms with Crippen LogP contribution in [-0.2, 0) is 26.0 Å². The number of fused-ring (bicyclic) bond motifs is 1. The van der Waals surface area contributed by atoms with Crippen LogP contribution in [0.1, 0.15) is 37.3 Å². The molecule has 1 saturated heterocycles. The largest absolute Gasteiger partial charge is 0.326 e. The van der Waals surface area contributed by atoms with Crippen molar-refractivity contribution in [2.75, 3.05) is 29.9 Å². The van der Waals surface area contributed by atoms with Crippen molar-refractivity contribution in [3.63, 3.8) is 0 Å². The lowest BCUT2D eigenvalue weighted by atomic mass is 9.98. The van der Waals surface area contributed by atoms with Gasteiger partial charge in [-0.2, -0.15) is 4.31 Å². The number of carbonyl (C=O) groups is 2. The van der Waals surface area contributed by atoms with Gasteiger partial charge in [-0.15, -0.1) is 0 Å². The minimum atomic E-state index is -3.73. The second kappa shape index (κ2) is 9.03. The molecule has 2 aromatic rings. The van der Waals surface area contributed by atoms with Gasteiger partial charge in [0, 0.05) is 37.9 Å². The molecule has 0 unspecified atom stereocenters. The highest BCUT2D eigenvalue weighted by Gasteiger charge is 2.34. The molecule has 1 atom stereocenters. The number of nitrogens with one attached hydrogen (secondary N) is 1. The number of aryl methyl sites for hydroxylation is 2. The number of carbonyl (C=O) groups excluding carboxylic acids is 2. The lowest BCUT2D eigenvalue weighted by Crippen LogP contribution is -2.43. The number of hydrogen-bond acceptors (Lipinski definition) is 4. The monoisotopic (exact) mass is 455 g/mol. The van der Waals surface area contributed by atoms with Gasteiger partial charge in [0.25, 0.3) is 0 Å². The van der Waals surface area contributed by atoms with E-state index in [-0.39, 0.29) is 23.3 Å². The summed E-state index contributed by atoms with van der Waals surface area (Å²) in [7, 11) is -3.73. The van der Waals surface area contributed by atoms with Crippen LogP contribution in [0.4, 0.5) is 11.4 Å². The van der Waals surface area contributed by atoms with Crippen molar-refractivity contribution in [3.8, 4) is 0 Å². The van der Waals surface area contributed by atoms with Crippen LogP contribution in [0.5, 0.6) is 0 Å². The zero-order valence-electron chi connectivity index (χ0n) is 18.5. The number of rotatable bonds is 4. The molecule has 2 aliphatic heterocycles. The molecule has 32 heavy (non-hydrogen) atoms. The Kier molecular flexibility index (Phi) is 6.35. The van der Waals surface area contributed by atoms with Crippen molar-refractivity contribution in [2.45, 2.75) is 44.4 Å². The van der Waals surface area contributed by atoms with Crippen molar-refractivity contribution in [1.29, 1.82) is 0 Å². The molecule has 170 valence electrons. The van der Waals surface area contributed by atoms with Crippen LogP contribution >= 0.6 is 0 Å². The van der Waals surface area contributed by atoms with Gasteiger partial charge in [0.1, 0.15) is 0 Å². The highest BCUT2D eigenvalue weighted by Crippen LogP contribution is 2.32. The van der Waals surface area contributed by atoms with Gasteiger partial charge in [0.15, 0.2) is 0 Å². The summed E-state index contributed by atoms with van der Waals surface area (Å²) in [6, 6.07) is 12.6. The third-order valence-electron chi connectivity index (χ3n) is 6.35. The van der Waals surface area contributed by atoms with Gasteiger partial charge in [0.05, 0.1) is 10.8 Å². The molecule has 2 aromatic carbocycles. The minimum Gasteiger partial charge on any atom is -0.326 e. The molecule has 7 nitrogen and oxygen atoms in total. The van der Waals surface area contributed by atoms with Crippen LogP contribution in [0.2, 0.25) is 0 Å². The first kappa shape index (κ1) is 22.5. The molecule has 0 bridgehead atoms. The summed E-state index contributed by atoms with van der Waals surface area (Å²) in [6.45, 7) is 4.66. The average molecular weight is 456 g/mol. The van der Waals surface area contributed by atoms with Crippen molar-refractivity contribution >= 4 is 33.2 Å². The minimum absolute atomic E-state index is 0.0416. The smallest absolute Gasteiger partial charge is 0.243 e. The van der Waals surface area contributed by atoms with Crippen LogP contribution in [0.25, 0.3) is 0 Å². The quantitative estimate of drug-likeness (QED) is 0.766. The molecular weight excluding hydrogens is 426 g/mol. The molecule has 8 heteroatoms. The molecule has 0 aliphatic carbocycles. The molecule has 1 fully saturated rings. The van der Waals surface area contributed by atoms with E-state index in [9.17, 15) is 18.0 Å². The fourth-order valence-electron chi connectivity index (χ4n) is 4.53. The Morgan fingerprint density at radius 2 is 1.84 bits per heavy atom. The number of benzene rings is 2. The van der Waals surface area contributed by atoms with E-state index in [1.807, 2.05) is 31.2 Å². The van der Waals surface area contributed by atoms with Gasteiger partial charge in [-0.25, -0.2) is 8.42 Å². The Hall–Kier alpha value is -2.71. The normalized spacial score (nSPS) is 19.3. The highest BCUT2D eigenvalue weighted by molar-refractivity contribution is 7.89. The van der Waals surface area contributed by atoms with E-state index < -0.39 is 15.9 Å². The van der Waals surface area contributed by atoms with Gasteiger partial charge in [-0.05, 0) is 68.0 Å². The summed E-state index contributed by atoms with van der Waals surface area (Å²) in [5, 5.41) is 2.95. The van der Waals surface area contributed by atoms with Crippen molar-refractivity contribution in [2.24, 2.45) is 5.92 Å². The van der Waals surface area contributed by atoms with Gasteiger partial charge in [-0.3, -0.25) is 9.59 Å².